The predicted molar refractivity (Wildman–Crippen MR) is 143 cm³/mol. The number of rotatable bonds is 12. The van der Waals surface area contributed by atoms with Crippen molar-refractivity contribution < 1.29 is 4.74 Å². The van der Waals surface area contributed by atoms with E-state index in [-0.39, 0.29) is 24.0 Å². The fourth-order valence-corrected chi connectivity index (χ4v) is 4.21. The minimum atomic E-state index is 0. The molecule has 0 saturated carbocycles. The van der Waals surface area contributed by atoms with E-state index in [2.05, 4.69) is 64.4 Å². The van der Waals surface area contributed by atoms with Crippen molar-refractivity contribution in [2.75, 3.05) is 53.4 Å². The summed E-state index contributed by atoms with van der Waals surface area (Å²) in [6.07, 6.45) is 4.89. The lowest BCUT2D eigenvalue weighted by Gasteiger charge is -2.29. The summed E-state index contributed by atoms with van der Waals surface area (Å²) in [6.45, 7) is 13.3. The third kappa shape index (κ3) is 9.53. The largest absolute Gasteiger partial charge is 0.497 e. The molecule has 0 bridgehead atoms. The fraction of sp³-hybridized carbons (Fsp3) is 0.708. The Balaban J connectivity index is 0.00000480. The topological polar surface area (TPSA) is 52.1 Å². The average molecular weight is 546 g/mol. The van der Waals surface area contributed by atoms with Crippen LogP contribution < -0.4 is 15.4 Å². The second kappa shape index (κ2) is 15.7. The Bertz CT molecular complexity index is 632. The second-order valence-electron chi connectivity index (χ2n) is 8.20. The molecule has 7 heteroatoms. The highest BCUT2D eigenvalue weighted by Gasteiger charge is 2.24. The Morgan fingerprint density at radius 1 is 1.23 bits per heavy atom. The maximum absolute atomic E-state index is 5.46. The molecule has 2 atom stereocenters. The number of guanidine groups is 1. The van der Waals surface area contributed by atoms with Crippen molar-refractivity contribution in [1.82, 2.24) is 20.4 Å². The number of hydrogen-bond acceptors (Lipinski definition) is 4. The molecular formula is C24H44IN5O. The van der Waals surface area contributed by atoms with Gasteiger partial charge in [-0.15, -0.1) is 24.0 Å². The van der Waals surface area contributed by atoms with Gasteiger partial charge in [0.2, 0.25) is 0 Å². The number of halogens is 1. The third-order valence-corrected chi connectivity index (χ3v) is 6.14. The number of nitrogens with zero attached hydrogens (tertiary/aromatic N) is 3. The molecule has 2 unspecified atom stereocenters. The van der Waals surface area contributed by atoms with Gasteiger partial charge in [0.1, 0.15) is 5.75 Å². The summed E-state index contributed by atoms with van der Waals surface area (Å²) in [7, 11) is 3.59. The van der Waals surface area contributed by atoms with Crippen molar-refractivity contribution in [2.24, 2.45) is 4.99 Å². The minimum Gasteiger partial charge on any atom is -0.497 e. The van der Waals surface area contributed by atoms with Crippen LogP contribution >= 0.6 is 24.0 Å². The van der Waals surface area contributed by atoms with Crippen LogP contribution in [0.25, 0.3) is 0 Å². The summed E-state index contributed by atoms with van der Waals surface area (Å²) >= 11 is 0. The van der Waals surface area contributed by atoms with Crippen molar-refractivity contribution in [3.05, 3.63) is 29.8 Å². The molecule has 1 aliphatic rings. The monoisotopic (exact) mass is 545 g/mol. The van der Waals surface area contributed by atoms with Crippen LogP contribution in [0.4, 0.5) is 0 Å². The van der Waals surface area contributed by atoms with Gasteiger partial charge in [-0.1, -0.05) is 26.0 Å². The maximum atomic E-state index is 5.46. The third-order valence-electron chi connectivity index (χ3n) is 6.14. The quantitative estimate of drug-likeness (QED) is 0.235. The summed E-state index contributed by atoms with van der Waals surface area (Å²) in [5.74, 6) is 1.80. The first-order valence-electron chi connectivity index (χ1n) is 11.7. The Morgan fingerprint density at radius 3 is 2.55 bits per heavy atom. The Morgan fingerprint density at radius 2 is 1.94 bits per heavy atom. The fourth-order valence-electron chi connectivity index (χ4n) is 4.21. The molecule has 6 nitrogen and oxygen atoms in total. The van der Waals surface area contributed by atoms with E-state index in [1.165, 1.54) is 24.8 Å². The van der Waals surface area contributed by atoms with Crippen LogP contribution in [0.5, 0.6) is 5.75 Å². The molecule has 0 aromatic heterocycles. The lowest BCUT2D eigenvalue weighted by molar-refractivity contribution is 0.244. The van der Waals surface area contributed by atoms with Gasteiger partial charge in [0, 0.05) is 19.6 Å². The van der Waals surface area contributed by atoms with Crippen LogP contribution in [0.2, 0.25) is 0 Å². The van der Waals surface area contributed by atoms with Crippen molar-refractivity contribution in [2.45, 2.75) is 58.5 Å². The SMILES string of the molecule is CCN(CC)CCCC(C)NC(=NC)NCC(c1cccc(OC)c1)N1CCCC1.I. The van der Waals surface area contributed by atoms with Crippen molar-refractivity contribution in [1.29, 1.82) is 0 Å². The first-order valence-corrected chi connectivity index (χ1v) is 11.7. The number of aliphatic imine (C=N–C) groups is 1. The molecule has 1 aromatic rings. The highest BCUT2D eigenvalue weighted by atomic mass is 127. The van der Waals surface area contributed by atoms with Gasteiger partial charge in [-0.3, -0.25) is 9.89 Å². The lowest BCUT2D eigenvalue weighted by atomic mass is 10.1. The van der Waals surface area contributed by atoms with Crippen LogP contribution in [0.3, 0.4) is 0 Å². The van der Waals surface area contributed by atoms with Gasteiger partial charge >= 0.3 is 0 Å². The molecule has 0 spiro atoms. The molecule has 1 fully saturated rings. The van der Waals surface area contributed by atoms with E-state index in [1.54, 1.807) is 7.11 Å². The zero-order valence-electron chi connectivity index (χ0n) is 20.2. The van der Waals surface area contributed by atoms with Crippen LogP contribution in [-0.2, 0) is 0 Å². The van der Waals surface area contributed by atoms with E-state index in [4.69, 9.17) is 4.74 Å². The number of benzene rings is 1. The highest BCUT2D eigenvalue weighted by Crippen LogP contribution is 2.27. The minimum absolute atomic E-state index is 0. The van der Waals surface area contributed by atoms with Gasteiger partial charge in [0.15, 0.2) is 5.96 Å². The molecule has 0 aliphatic carbocycles. The van der Waals surface area contributed by atoms with Crippen molar-refractivity contribution >= 4 is 29.9 Å². The Labute approximate surface area is 207 Å². The van der Waals surface area contributed by atoms with Crippen LogP contribution in [-0.4, -0.2) is 75.2 Å². The predicted octanol–water partition coefficient (Wildman–Crippen LogP) is 4.13. The zero-order valence-corrected chi connectivity index (χ0v) is 22.5. The molecule has 1 aliphatic heterocycles. The van der Waals surface area contributed by atoms with E-state index in [0.717, 1.165) is 57.4 Å². The van der Waals surface area contributed by atoms with Gasteiger partial charge in [0.05, 0.1) is 13.2 Å². The summed E-state index contributed by atoms with van der Waals surface area (Å²) in [5.41, 5.74) is 1.30. The Kier molecular flexibility index (Phi) is 14.2. The van der Waals surface area contributed by atoms with Crippen molar-refractivity contribution in [3.63, 3.8) is 0 Å². The standard InChI is InChI=1S/C24H43N5O.HI/c1-6-28(7-2)15-11-12-20(3)27-24(25-4)26-19-23(29-16-8-9-17-29)21-13-10-14-22(18-21)30-5;/h10,13-14,18,20,23H,6-9,11-12,15-17,19H2,1-5H3,(H2,25,26,27);1H. The van der Waals surface area contributed by atoms with Crippen LogP contribution in [0.1, 0.15) is 58.1 Å². The smallest absolute Gasteiger partial charge is 0.191 e. The van der Waals surface area contributed by atoms with Gasteiger partial charge in [0.25, 0.3) is 0 Å². The van der Waals surface area contributed by atoms with Crippen LogP contribution in [0, 0.1) is 0 Å². The van der Waals surface area contributed by atoms with Gasteiger partial charge < -0.3 is 20.3 Å². The summed E-state index contributed by atoms with van der Waals surface area (Å²) in [6, 6.07) is 9.18. The molecule has 0 radical (unpaired) electrons. The maximum Gasteiger partial charge on any atom is 0.191 e. The molecule has 178 valence electrons. The first kappa shape index (κ1) is 28.0. The van der Waals surface area contributed by atoms with Gasteiger partial charge in [-0.2, -0.15) is 0 Å². The molecule has 1 aromatic carbocycles. The molecular weight excluding hydrogens is 501 g/mol. The molecule has 1 saturated heterocycles. The second-order valence-corrected chi connectivity index (χ2v) is 8.20. The van der Waals surface area contributed by atoms with E-state index in [1.807, 2.05) is 13.1 Å². The number of nitrogens with one attached hydrogen (secondary N) is 2. The van der Waals surface area contributed by atoms with E-state index in [0.29, 0.717) is 12.1 Å². The normalized spacial score (nSPS) is 16.6. The molecule has 31 heavy (non-hydrogen) atoms. The van der Waals surface area contributed by atoms with Crippen LogP contribution in [0.15, 0.2) is 29.3 Å². The highest BCUT2D eigenvalue weighted by molar-refractivity contribution is 14.0. The van der Waals surface area contributed by atoms with E-state index in [9.17, 15) is 0 Å². The number of hydrogen-bond donors (Lipinski definition) is 2. The first-order chi connectivity index (χ1) is 14.6. The molecule has 2 rings (SSSR count). The zero-order chi connectivity index (χ0) is 21.8. The van der Waals surface area contributed by atoms with Gasteiger partial charge in [-0.25, -0.2) is 0 Å². The number of likely N-dealkylation sites (tertiary alicyclic amines) is 1. The van der Waals surface area contributed by atoms with Crippen molar-refractivity contribution in [3.8, 4) is 5.75 Å². The lowest BCUT2D eigenvalue weighted by Crippen LogP contribution is -2.45. The summed E-state index contributed by atoms with van der Waals surface area (Å²) in [4.78, 5) is 9.52. The van der Waals surface area contributed by atoms with E-state index >= 15 is 0 Å². The average Bonchev–Trinajstić information content (AvgIpc) is 3.30. The van der Waals surface area contributed by atoms with Gasteiger partial charge in [-0.05, 0) is 83.0 Å². The Hall–Kier alpha value is -1.06. The number of ether oxygens (including phenoxy) is 1. The summed E-state index contributed by atoms with van der Waals surface area (Å²) in [5, 5.41) is 7.15. The van der Waals surface area contributed by atoms with E-state index < -0.39 is 0 Å². The molecule has 0 amide bonds. The molecule has 2 N–H and O–H groups in total. The molecule has 1 heterocycles. The number of methoxy groups -OCH3 is 1. The summed E-state index contributed by atoms with van der Waals surface area (Å²) < 4.78 is 5.46.